The van der Waals surface area contributed by atoms with E-state index in [4.69, 9.17) is 11.6 Å². The first-order chi connectivity index (χ1) is 9.74. The van der Waals surface area contributed by atoms with Gasteiger partial charge in [-0.1, -0.05) is 17.7 Å². The predicted molar refractivity (Wildman–Crippen MR) is 76.4 cm³/mol. The molecule has 0 aromatic carbocycles. The van der Waals surface area contributed by atoms with Gasteiger partial charge in [-0.3, -0.25) is 9.78 Å². The van der Waals surface area contributed by atoms with Crippen molar-refractivity contribution in [2.24, 2.45) is 0 Å². The van der Waals surface area contributed by atoms with Crippen molar-refractivity contribution in [3.8, 4) is 0 Å². The van der Waals surface area contributed by atoms with Crippen LogP contribution in [-0.2, 0) is 6.54 Å². The van der Waals surface area contributed by atoms with Crippen LogP contribution in [0, 0.1) is 0 Å². The van der Waals surface area contributed by atoms with Crippen molar-refractivity contribution >= 4 is 17.5 Å². The van der Waals surface area contributed by atoms with Crippen molar-refractivity contribution < 1.29 is 4.79 Å². The number of aromatic nitrogens is 2. The molecular formula is C15H14ClN3O. The number of carbonyl (C=O) groups is 1. The van der Waals surface area contributed by atoms with E-state index in [0.717, 1.165) is 18.5 Å². The van der Waals surface area contributed by atoms with E-state index in [9.17, 15) is 4.79 Å². The Bertz CT molecular complexity index is 614. The van der Waals surface area contributed by atoms with Crippen LogP contribution in [0.3, 0.4) is 0 Å². The molecule has 1 saturated carbocycles. The normalized spacial score (nSPS) is 14.1. The summed E-state index contributed by atoms with van der Waals surface area (Å²) in [7, 11) is 0. The zero-order valence-corrected chi connectivity index (χ0v) is 11.6. The minimum absolute atomic E-state index is 0.0116. The molecule has 102 valence electrons. The minimum Gasteiger partial charge on any atom is -0.330 e. The molecule has 2 heterocycles. The van der Waals surface area contributed by atoms with Gasteiger partial charge in [0, 0.05) is 24.0 Å². The van der Waals surface area contributed by atoms with Gasteiger partial charge in [-0.2, -0.15) is 0 Å². The summed E-state index contributed by atoms with van der Waals surface area (Å²) in [6.07, 6.45) is 5.41. The summed E-state index contributed by atoms with van der Waals surface area (Å²) in [6, 6.07) is 9.36. The van der Waals surface area contributed by atoms with Gasteiger partial charge < -0.3 is 4.90 Å². The Morgan fingerprint density at radius 2 is 2.10 bits per heavy atom. The molecule has 1 amide bonds. The molecule has 0 atom stereocenters. The van der Waals surface area contributed by atoms with E-state index >= 15 is 0 Å². The topological polar surface area (TPSA) is 46.1 Å². The van der Waals surface area contributed by atoms with Gasteiger partial charge in [-0.05, 0) is 37.1 Å². The molecule has 20 heavy (non-hydrogen) atoms. The van der Waals surface area contributed by atoms with Crippen molar-refractivity contribution in [1.82, 2.24) is 14.9 Å². The second-order valence-corrected chi connectivity index (χ2v) is 5.24. The molecule has 1 aliphatic carbocycles. The highest BCUT2D eigenvalue weighted by Crippen LogP contribution is 2.29. The first-order valence-electron chi connectivity index (χ1n) is 6.56. The number of rotatable bonds is 4. The molecule has 0 saturated heterocycles. The number of hydrogen-bond donors (Lipinski definition) is 0. The number of carbonyl (C=O) groups excluding carboxylic acids is 1. The first-order valence-corrected chi connectivity index (χ1v) is 6.94. The Labute approximate surface area is 122 Å². The lowest BCUT2D eigenvalue weighted by atomic mass is 10.2. The smallest absolute Gasteiger partial charge is 0.254 e. The van der Waals surface area contributed by atoms with Crippen LogP contribution in [0.25, 0.3) is 0 Å². The van der Waals surface area contributed by atoms with Crippen LogP contribution in [0.2, 0.25) is 5.15 Å². The standard InChI is InChI=1S/C15H14ClN3O/c16-14-9-11(6-8-18-14)15(20)19(13-4-5-13)10-12-3-1-2-7-17-12/h1-3,6-9,13H,4-5,10H2. The summed E-state index contributed by atoms with van der Waals surface area (Å²) >= 11 is 5.85. The van der Waals surface area contributed by atoms with E-state index in [1.165, 1.54) is 0 Å². The van der Waals surface area contributed by atoms with Gasteiger partial charge in [0.15, 0.2) is 0 Å². The molecule has 2 aromatic heterocycles. The quantitative estimate of drug-likeness (QED) is 0.812. The zero-order chi connectivity index (χ0) is 13.9. The molecule has 1 aliphatic rings. The number of hydrogen-bond acceptors (Lipinski definition) is 3. The van der Waals surface area contributed by atoms with Gasteiger partial charge in [0.25, 0.3) is 5.91 Å². The maximum absolute atomic E-state index is 12.6. The second-order valence-electron chi connectivity index (χ2n) is 4.85. The molecular weight excluding hydrogens is 274 g/mol. The molecule has 0 radical (unpaired) electrons. The van der Waals surface area contributed by atoms with Crippen LogP contribution in [0.15, 0.2) is 42.7 Å². The van der Waals surface area contributed by atoms with Gasteiger partial charge in [0.05, 0.1) is 12.2 Å². The fourth-order valence-electron chi connectivity index (χ4n) is 2.12. The predicted octanol–water partition coefficient (Wildman–Crippen LogP) is 2.93. The first kappa shape index (κ1) is 13.1. The summed E-state index contributed by atoms with van der Waals surface area (Å²) in [4.78, 5) is 22.7. The number of halogens is 1. The molecule has 2 aromatic rings. The lowest BCUT2D eigenvalue weighted by Crippen LogP contribution is -2.32. The van der Waals surface area contributed by atoms with E-state index in [-0.39, 0.29) is 5.91 Å². The maximum Gasteiger partial charge on any atom is 0.254 e. The molecule has 0 N–H and O–H groups in total. The lowest BCUT2D eigenvalue weighted by molar-refractivity contribution is 0.0727. The monoisotopic (exact) mass is 287 g/mol. The van der Waals surface area contributed by atoms with Crippen molar-refractivity contribution in [3.05, 3.63) is 59.1 Å². The van der Waals surface area contributed by atoms with Crippen LogP contribution in [0.1, 0.15) is 28.9 Å². The third kappa shape index (κ3) is 2.96. The second kappa shape index (κ2) is 5.59. The summed E-state index contributed by atoms with van der Waals surface area (Å²) < 4.78 is 0. The van der Waals surface area contributed by atoms with Gasteiger partial charge in [-0.15, -0.1) is 0 Å². The third-order valence-electron chi connectivity index (χ3n) is 3.28. The van der Waals surface area contributed by atoms with Gasteiger partial charge in [0.1, 0.15) is 5.15 Å². The fraction of sp³-hybridized carbons (Fsp3) is 0.267. The molecule has 4 nitrogen and oxygen atoms in total. The Kier molecular flexibility index (Phi) is 3.65. The highest BCUT2D eigenvalue weighted by Gasteiger charge is 2.33. The van der Waals surface area contributed by atoms with Crippen molar-refractivity contribution in [2.45, 2.75) is 25.4 Å². The third-order valence-corrected chi connectivity index (χ3v) is 3.49. The van der Waals surface area contributed by atoms with Crippen molar-refractivity contribution in [2.75, 3.05) is 0 Å². The van der Waals surface area contributed by atoms with E-state index in [0.29, 0.717) is 23.3 Å². The average Bonchev–Trinajstić information content (AvgIpc) is 3.30. The zero-order valence-electron chi connectivity index (χ0n) is 10.9. The van der Waals surface area contributed by atoms with E-state index in [2.05, 4.69) is 9.97 Å². The molecule has 0 bridgehead atoms. The highest BCUT2D eigenvalue weighted by atomic mass is 35.5. The molecule has 5 heteroatoms. The maximum atomic E-state index is 12.6. The number of nitrogens with zero attached hydrogens (tertiary/aromatic N) is 3. The van der Waals surface area contributed by atoms with Crippen LogP contribution >= 0.6 is 11.6 Å². The van der Waals surface area contributed by atoms with Crippen LogP contribution in [-0.4, -0.2) is 26.8 Å². The molecule has 0 spiro atoms. The Hall–Kier alpha value is -1.94. The summed E-state index contributed by atoms with van der Waals surface area (Å²) in [5.74, 6) is -0.0116. The summed E-state index contributed by atoms with van der Waals surface area (Å²) in [5.41, 5.74) is 1.47. The molecule has 3 rings (SSSR count). The Morgan fingerprint density at radius 1 is 1.25 bits per heavy atom. The van der Waals surface area contributed by atoms with E-state index < -0.39 is 0 Å². The summed E-state index contributed by atoms with van der Waals surface area (Å²) in [6.45, 7) is 0.532. The van der Waals surface area contributed by atoms with E-state index in [1.807, 2.05) is 23.1 Å². The van der Waals surface area contributed by atoms with Gasteiger partial charge >= 0.3 is 0 Å². The van der Waals surface area contributed by atoms with E-state index in [1.54, 1.807) is 24.5 Å². The average molecular weight is 288 g/mol. The van der Waals surface area contributed by atoms with Crippen LogP contribution in [0.5, 0.6) is 0 Å². The highest BCUT2D eigenvalue weighted by molar-refractivity contribution is 6.29. The van der Waals surface area contributed by atoms with Crippen molar-refractivity contribution in [3.63, 3.8) is 0 Å². The minimum atomic E-state index is -0.0116. The van der Waals surface area contributed by atoms with Crippen LogP contribution < -0.4 is 0 Å². The Morgan fingerprint density at radius 3 is 2.75 bits per heavy atom. The Balaban J connectivity index is 1.82. The van der Waals surface area contributed by atoms with Crippen LogP contribution in [0.4, 0.5) is 0 Å². The number of pyridine rings is 2. The van der Waals surface area contributed by atoms with Crippen molar-refractivity contribution in [1.29, 1.82) is 0 Å². The summed E-state index contributed by atoms with van der Waals surface area (Å²) in [5, 5.41) is 0.337. The molecule has 1 fully saturated rings. The molecule has 0 unspecified atom stereocenters. The van der Waals surface area contributed by atoms with Gasteiger partial charge in [0.2, 0.25) is 0 Å². The number of amides is 1. The largest absolute Gasteiger partial charge is 0.330 e. The molecule has 0 aliphatic heterocycles. The SMILES string of the molecule is O=C(c1ccnc(Cl)c1)N(Cc1ccccn1)C1CC1. The lowest BCUT2D eigenvalue weighted by Gasteiger charge is -2.22. The van der Waals surface area contributed by atoms with Gasteiger partial charge in [-0.25, -0.2) is 4.98 Å². The fourth-order valence-corrected chi connectivity index (χ4v) is 2.29.